The molecule has 2 heteroatoms. The molecule has 54 valence electrons. The van der Waals surface area contributed by atoms with Gasteiger partial charge in [-0.05, 0) is 13.8 Å². The summed E-state index contributed by atoms with van der Waals surface area (Å²) in [6, 6.07) is 0. The second-order valence-electron chi connectivity index (χ2n) is 1.90. The summed E-state index contributed by atoms with van der Waals surface area (Å²) in [6.07, 6.45) is 0.936. The first-order chi connectivity index (χ1) is 4.22. The molecule has 0 fully saturated rings. The van der Waals surface area contributed by atoms with Crippen LogP contribution in [0.15, 0.2) is 12.7 Å². The maximum absolute atomic E-state index is 8.95. The fourth-order valence-electron chi connectivity index (χ4n) is 0.597. The molecule has 0 aromatic carbocycles. The van der Waals surface area contributed by atoms with Crippen molar-refractivity contribution in [2.45, 2.75) is 26.1 Å². The van der Waals surface area contributed by atoms with Crippen molar-refractivity contribution in [1.29, 1.82) is 0 Å². The third kappa shape index (κ3) is 3.27. The van der Waals surface area contributed by atoms with E-state index in [1.807, 2.05) is 6.92 Å². The molecular weight excluding hydrogens is 116 g/mol. The molecule has 2 unspecified atom stereocenters. The molecule has 0 aliphatic carbocycles. The minimum Gasteiger partial charge on any atom is -0.390 e. The van der Waals surface area contributed by atoms with Gasteiger partial charge in [0.05, 0.1) is 6.10 Å². The lowest BCUT2D eigenvalue weighted by Crippen LogP contribution is -2.23. The highest BCUT2D eigenvalue weighted by Crippen LogP contribution is 1.98. The summed E-state index contributed by atoms with van der Waals surface area (Å²) in [5, 5.41) is 8.95. The first-order valence-electron chi connectivity index (χ1n) is 3.14. The normalized spacial score (nSPS) is 16.8. The van der Waals surface area contributed by atoms with Gasteiger partial charge in [-0.1, -0.05) is 6.08 Å². The molecule has 0 heterocycles. The predicted octanol–water partition coefficient (Wildman–Crippen LogP) is 0.958. The minimum atomic E-state index is -0.456. The summed E-state index contributed by atoms with van der Waals surface area (Å²) in [6.45, 7) is 7.70. The predicted molar refractivity (Wildman–Crippen MR) is 37.3 cm³/mol. The Labute approximate surface area is 56.1 Å². The molecule has 2 nitrogen and oxygen atoms in total. The van der Waals surface area contributed by atoms with Gasteiger partial charge in [-0.3, -0.25) is 0 Å². The Kier molecular flexibility index (Phi) is 4.36. The van der Waals surface area contributed by atoms with Gasteiger partial charge < -0.3 is 9.84 Å². The van der Waals surface area contributed by atoms with Gasteiger partial charge in [-0.2, -0.15) is 0 Å². The second kappa shape index (κ2) is 4.53. The van der Waals surface area contributed by atoms with E-state index in [1.54, 1.807) is 13.0 Å². The van der Waals surface area contributed by atoms with E-state index < -0.39 is 6.10 Å². The topological polar surface area (TPSA) is 29.5 Å². The van der Waals surface area contributed by atoms with Crippen molar-refractivity contribution >= 4 is 0 Å². The first-order valence-corrected chi connectivity index (χ1v) is 3.14. The Morgan fingerprint density at radius 2 is 2.33 bits per heavy atom. The summed E-state index contributed by atoms with van der Waals surface area (Å²) >= 11 is 0. The number of aliphatic hydroxyl groups excluding tert-OH is 1. The van der Waals surface area contributed by atoms with Crippen LogP contribution in [0.1, 0.15) is 13.8 Å². The molecule has 0 amide bonds. The van der Waals surface area contributed by atoms with E-state index in [0.717, 1.165) is 0 Å². The van der Waals surface area contributed by atoms with Crippen molar-refractivity contribution in [3.63, 3.8) is 0 Å². The molecule has 0 aliphatic heterocycles. The van der Waals surface area contributed by atoms with Crippen molar-refractivity contribution in [3.8, 4) is 0 Å². The van der Waals surface area contributed by atoms with Gasteiger partial charge in [0.2, 0.25) is 0 Å². The van der Waals surface area contributed by atoms with E-state index in [-0.39, 0.29) is 6.10 Å². The summed E-state index contributed by atoms with van der Waals surface area (Å²) in [7, 11) is 0. The van der Waals surface area contributed by atoms with Gasteiger partial charge in [0, 0.05) is 6.61 Å². The average Bonchev–Trinajstić information content (AvgIpc) is 1.82. The van der Waals surface area contributed by atoms with Gasteiger partial charge in [0.25, 0.3) is 0 Å². The van der Waals surface area contributed by atoms with Crippen molar-refractivity contribution in [3.05, 3.63) is 12.7 Å². The van der Waals surface area contributed by atoms with Crippen LogP contribution in [0.25, 0.3) is 0 Å². The van der Waals surface area contributed by atoms with Crippen LogP contribution < -0.4 is 0 Å². The molecule has 0 rings (SSSR count). The van der Waals surface area contributed by atoms with Crippen molar-refractivity contribution in [1.82, 2.24) is 0 Å². The van der Waals surface area contributed by atoms with Crippen molar-refractivity contribution < 1.29 is 9.84 Å². The van der Waals surface area contributed by atoms with E-state index in [4.69, 9.17) is 9.84 Å². The fourth-order valence-corrected chi connectivity index (χ4v) is 0.597. The molecule has 0 saturated heterocycles. The average molecular weight is 130 g/mol. The summed E-state index contributed by atoms with van der Waals surface area (Å²) in [5.41, 5.74) is 0. The van der Waals surface area contributed by atoms with Gasteiger partial charge in [0.15, 0.2) is 0 Å². The lowest BCUT2D eigenvalue weighted by molar-refractivity contribution is 0.00481. The van der Waals surface area contributed by atoms with Crippen LogP contribution in [0, 0.1) is 0 Å². The molecule has 0 saturated carbocycles. The number of aliphatic hydroxyl groups is 1. The van der Waals surface area contributed by atoms with Crippen LogP contribution in [0.2, 0.25) is 0 Å². The maximum atomic E-state index is 8.95. The van der Waals surface area contributed by atoms with Gasteiger partial charge >= 0.3 is 0 Å². The molecule has 2 atom stereocenters. The highest BCUT2D eigenvalue weighted by molar-refractivity contribution is 4.83. The zero-order valence-electron chi connectivity index (χ0n) is 6.00. The molecule has 0 bridgehead atoms. The molecule has 0 radical (unpaired) electrons. The van der Waals surface area contributed by atoms with Gasteiger partial charge in [-0.15, -0.1) is 6.58 Å². The zero-order chi connectivity index (χ0) is 7.28. The van der Waals surface area contributed by atoms with Gasteiger partial charge in [0.1, 0.15) is 6.10 Å². The van der Waals surface area contributed by atoms with Crippen LogP contribution in [-0.4, -0.2) is 23.9 Å². The number of hydrogen-bond acceptors (Lipinski definition) is 2. The Hall–Kier alpha value is -0.340. The second-order valence-corrected chi connectivity index (χ2v) is 1.90. The smallest absolute Gasteiger partial charge is 0.101 e. The number of rotatable bonds is 4. The maximum Gasteiger partial charge on any atom is 0.101 e. The van der Waals surface area contributed by atoms with E-state index >= 15 is 0 Å². The standard InChI is InChI=1S/C7H14O2/c1-4-7(6(3)8)9-5-2/h4,6-8H,1,5H2,2-3H3. The third-order valence-electron chi connectivity index (χ3n) is 1.07. The van der Waals surface area contributed by atoms with E-state index in [0.29, 0.717) is 6.61 Å². The largest absolute Gasteiger partial charge is 0.390 e. The third-order valence-corrected chi connectivity index (χ3v) is 1.07. The number of ether oxygens (including phenoxy) is 1. The monoisotopic (exact) mass is 130 g/mol. The van der Waals surface area contributed by atoms with E-state index in [9.17, 15) is 0 Å². The van der Waals surface area contributed by atoms with Crippen LogP contribution >= 0.6 is 0 Å². The van der Waals surface area contributed by atoms with Gasteiger partial charge in [-0.25, -0.2) is 0 Å². The molecule has 0 spiro atoms. The fraction of sp³-hybridized carbons (Fsp3) is 0.714. The Balaban J connectivity index is 3.54. The minimum absolute atomic E-state index is 0.213. The first kappa shape index (κ1) is 8.66. The zero-order valence-corrected chi connectivity index (χ0v) is 6.00. The van der Waals surface area contributed by atoms with Crippen molar-refractivity contribution in [2.24, 2.45) is 0 Å². The molecule has 0 aromatic heterocycles. The lowest BCUT2D eigenvalue weighted by Gasteiger charge is -2.14. The molecule has 0 aromatic rings. The van der Waals surface area contributed by atoms with Crippen LogP contribution in [-0.2, 0) is 4.74 Å². The van der Waals surface area contributed by atoms with Crippen LogP contribution in [0.5, 0.6) is 0 Å². The summed E-state index contributed by atoms with van der Waals surface area (Å²) in [5.74, 6) is 0. The van der Waals surface area contributed by atoms with Crippen molar-refractivity contribution in [2.75, 3.05) is 6.61 Å². The molecule has 0 aliphatic rings. The summed E-state index contributed by atoms with van der Waals surface area (Å²) < 4.78 is 5.08. The Morgan fingerprint density at radius 1 is 1.78 bits per heavy atom. The Bertz CT molecular complexity index is 79.0. The molecule has 1 N–H and O–H groups in total. The van der Waals surface area contributed by atoms with Crippen LogP contribution in [0.3, 0.4) is 0 Å². The summed E-state index contributed by atoms with van der Waals surface area (Å²) in [4.78, 5) is 0. The SMILES string of the molecule is C=CC(OCC)C(C)O. The Morgan fingerprint density at radius 3 is 2.44 bits per heavy atom. The van der Waals surface area contributed by atoms with E-state index in [2.05, 4.69) is 6.58 Å². The van der Waals surface area contributed by atoms with Crippen LogP contribution in [0.4, 0.5) is 0 Å². The lowest BCUT2D eigenvalue weighted by atomic mass is 10.2. The molecule has 9 heavy (non-hydrogen) atoms. The number of hydrogen-bond donors (Lipinski definition) is 1. The quantitative estimate of drug-likeness (QED) is 0.574. The highest BCUT2D eigenvalue weighted by Gasteiger charge is 2.08. The highest BCUT2D eigenvalue weighted by atomic mass is 16.5. The molecular formula is C7H14O2. The van der Waals surface area contributed by atoms with E-state index in [1.165, 1.54) is 0 Å².